The fourth-order valence-electron chi connectivity index (χ4n) is 2.84. The Kier molecular flexibility index (Phi) is 4.37. The number of methoxy groups -OCH3 is 1. The first kappa shape index (κ1) is 13.9. The summed E-state index contributed by atoms with van der Waals surface area (Å²) in [5, 5.41) is 0. The van der Waals surface area contributed by atoms with Gasteiger partial charge in [0.1, 0.15) is 5.75 Å². The van der Waals surface area contributed by atoms with Crippen molar-refractivity contribution in [2.45, 2.75) is 13.0 Å². The molecule has 0 aromatic heterocycles. The Morgan fingerprint density at radius 1 is 1.05 bits per heavy atom. The molecule has 1 aliphatic rings. The predicted octanol–water partition coefficient (Wildman–Crippen LogP) is 3.77. The van der Waals surface area contributed by atoms with Gasteiger partial charge in [0, 0.05) is 25.2 Å². The first-order valence-electron chi connectivity index (χ1n) is 7.45. The van der Waals surface area contributed by atoms with Crippen LogP contribution in [0.4, 0.5) is 0 Å². The van der Waals surface area contributed by atoms with Gasteiger partial charge < -0.3 is 4.74 Å². The van der Waals surface area contributed by atoms with E-state index in [1.807, 2.05) is 18.2 Å². The SMILES string of the molecule is COc1ccccc1C=CCN1CCc2ccccc2C1. The van der Waals surface area contributed by atoms with Gasteiger partial charge in [0.15, 0.2) is 0 Å². The van der Waals surface area contributed by atoms with Crippen LogP contribution in [0, 0.1) is 0 Å². The highest BCUT2D eigenvalue weighted by molar-refractivity contribution is 5.57. The molecule has 1 heterocycles. The van der Waals surface area contributed by atoms with Gasteiger partial charge in [-0.2, -0.15) is 0 Å². The molecule has 0 saturated carbocycles. The second kappa shape index (κ2) is 6.59. The molecule has 0 bridgehead atoms. The Morgan fingerprint density at radius 2 is 1.81 bits per heavy atom. The highest BCUT2D eigenvalue weighted by atomic mass is 16.5. The van der Waals surface area contributed by atoms with Crippen molar-refractivity contribution in [3.63, 3.8) is 0 Å². The molecule has 0 aliphatic carbocycles. The lowest BCUT2D eigenvalue weighted by Crippen LogP contribution is -2.30. The molecular weight excluding hydrogens is 258 g/mol. The molecule has 2 nitrogen and oxygen atoms in total. The summed E-state index contributed by atoms with van der Waals surface area (Å²) in [6, 6.07) is 16.9. The number of para-hydroxylation sites is 1. The maximum absolute atomic E-state index is 5.37. The number of benzene rings is 2. The summed E-state index contributed by atoms with van der Waals surface area (Å²) in [4.78, 5) is 2.48. The van der Waals surface area contributed by atoms with Crippen molar-refractivity contribution in [1.29, 1.82) is 0 Å². The highest BCUT2D eigenvalue weighted by Crippen LogP contribution is 2.20. The predicted molar refractivity (Wildman–Crippen MR) is 87.5 cm³/mol. The third-order valence-electron chi connectivity index (χ3n) is 4.01. The van der Waals surface area contributed by atoms with Crippen LogP contribution in [0.5, 0.6) is 5.75 Å². The minimum atomic E-state index is 0.928. The van der Waals surface area contributed by atoms with Crippen LogP contribution in [0.15, 0.2) is 54.6 Å². The van der Waals surface area contributed by atoms with Gasteiger partial charge in [-0.25, -0.2) is 0 Å². The summed E-state index contributed by atoms with van der Waals surface area (Å²) >= 11 is 0. The van der Waals surface area contributed by atoms with Gasteiger partial charge in [0.25, 0.3) is 0 Å². The summed E-state index contributed by atoms with van der Waals surface area (Å²) in [6.07, 6.45) is 5.53. The molecular formula is C19H21NO. The molecule has 0 saturated heterocycles. The van der Waals surface area contributed by atoms with Crippen LogP contribution in [0.3, 0.4) is 0 Å². The zero-order valence-electron chi connectivity index (χ0n) is 12.5. The molecule has 21 heavy (non-hydrogen) atoms. The molecule has 2 aromatic carbocycles. The van der Waals surface area contributed by atoms with E-state index in [-0.39, 0.29) is 0 Å². The maximum atomic E-state index is 5.37. The maximum Gasteiger partial charge on any atom is 0.126 e. The molecule has 0 N–H and O–H groups in total. The number of nitrogens with zero attached hydrogens (tertiary/aromatic N) is 1. The van der Waals surface area contributed by atoms with E-state index in [4.69, 9.17) is 4.74 Å². The van der Waals surface area contributed by atoms with E-state index in [9.17, 15) is 0 Å². The minimum absolute atomic E-state index is 0.928. The van der Waals surface area contributed by atoms with Crippen molar-refractivity contribution in [2.75, 3.05) is 20.2 Å². The molecule has 1 aliphatic heterocycles. The number of hydrogen-bond acceptors (Lipinski definition) is 2. The van der Waals surface area contributed by atoms with E-state index in [1.54, 1.807) is 7.11 Å². The van der Waals surface area contributed by atoms with Crippen molar-refractivity contribution in [3.8, 4) is 5.75 Å². The second-order valence-electron chi connectivity index (χ2n) is 5.40. The molecule has 108 valence electrons. The minimum Gasteiger partial charge on any atom is -0.496 e. The van der Waals surface area contributed by atoms with Gasteiger partial charge in [-0.3, -0.25) is 4.90 Å². The second-order valence-corrected chi connectivity index (χ2v) is 5.40. The standard InChI is InChI=1S/C19H21NO/c1-21-19-11-5-4-8-17(19)10-6-13-20-14-12-16-7-2-3-9-18(16)15-20/h2-11H,12-15H2,1H3. The lowest BCUT2D eigenvalue weighted by Gasteiger charge is -2.27. The Labute approximate surface area is 126 Å². The topological polar surface area (TPSA) is 12.5 Å². The van der Waals surface area contributed by atoms with Crippen LogP contribution in [-0.4, -0.2) is 25.1 Å². The Hall–Kier alpha value is -2.06. The first-order valence-corrected chi connectivity index (χ1v) is 7.45. The van der Waals surface area contributed by atoms with Crippen molar-refractivity contribution in [2.24, 2.45) is 0 Å². The van der Waals surface area contributed by atoms with Crippen molar-refractivity contribution >= 4 is 6.08 Å². The molecule has 0 amide bonds. The average molecular weight is 279 g/mol. The van der Waals surface area contributed by atoms with Gasteiger partial charge in [0.05, 0.1) is 7.11 Å². The van der Waals surface area contributed by atoms with Crippen molar-refractivity contribution in [1.82, 2.24) is 4.90 Å². The van der Waals surface area contributed by atoms with Crippen LogP contribution < -0.4 is 4.74 Å². The summed E-state index contributed by atoms with van der Waals surface area (Å²) < 4.78 is 5.37. The van der Waals surface area contributed by atoms with Gasteiger partial charge in [-0.1, -0.05) is 54.6 Å². The van der Waals surface area contributed by atoms with E-state index in [1.165, 1.54) is 11.1 Å². The molecule has 0 atom stereocenters. The largest absolute Gasteiger partial charge is 0.496 e. The van der Waals surface area contributed by atoms with Crippen LogP contribution in [0.2, 0.25) is 0 Å². The van der Waals surface area contributed by atoms with Crippen LogP contribution in [0.1, 0.15) is 16.7 Å². The van der Waals surface area contributed by atoms with E-state index < -0.39 is 0 Å². The smallest absolute Gasteiger partial charge is 0.126 e. The lowest BCUT2D eigenvalue weighted by atomic mass is 10.00. The van der Waals surface area contributed by atoms with Gasteiger partial charge in [-0.05, 0) is 23.6 Å². The summed E-state index contributed by atoms with van der Waals surface area (Å²) in [5.41, 5.74) is 4.11. The Morgan fingerprint density at radius 3 is 2.67 bits per heavy atom. The fraction of sp³-hybridized carbons (Fsp3) is 0.263. The first-order chi connectivity index (χ1) is 10.4. The number of rotatable bonds is 4. The van der Waals surface area contributed by atoms with Crippen LogP contribution in [-0.2, 0) is 13.0 Å². The third kappa shape index (κ3) is 3.34. The van der Waals surface area contributed by atoms with E-state index in [2.05, 4.69) is 47.4 Å². The third-order valence-corrected chi connectivity index (χ3v) is 4.01. The number of ether oxygens (including phenoxy) is 1. The van der Waals surface area contributed by atoms with Crippen LogP contribution in [0.25, 0.3) is 6.08 Å². The average Bonchev–Trinajstić information content (AvgIpc) is 2.55. The summed E-state index contributed by atoms with van der Waals surface area (Å²) in [5.74, 6) is 0.928. The molecule has 0 radical (unpaired) electrons. The molecule has 2 aromatic rings. The number of hydrogen-bond donors (Lipinski definition) is 0. The quantitative estimate of drug-likeness (QED) is 0.845. The van der Waals surface area contributed by atoms with Gasteiger partial charge in [0.2, 0.25) is 0 Å². The monoisotopic (exact) mass is 279 g/mol. The summed E-state index contributed by atoms with van der Waals surface area (Å²) in [6.45, 7) is 3.16. The molecule has 2 heteroatoms. The van der Waals surface area contributed by atoms with E-state index in [0.29, 0.717) is 0 Å². The lowest BCUT2D eigenvalue weighted by molar-refractivity contribution is 0.282. The van der Waals surface area contributed by atoms with E-state index in [0.717, 1.165) is 37.4 Å². The fourth-order valence-corrected chi connectivity index (χ4v) is 2.84. The zero-order valence-corrected chi connectivity index (χ0v) is 12.5. The zero-order chi connectivity index (χ0) is 14.5. The van der Waals surface area contributed by atoms with Crippen LogP contribution >= 0.6 is 0 Å². The number of fused-ring (bicyclic) bond motifs is 1. The Balaban J connectivity index is 1.62. The van der Waals surface area contributed by atoms with Gasteiger partial charge in [-0.15, -0.1) is 0 Å². The Bertz CT molecular complexity index is 633. The molecule has 3 rings (SSSR count). The van der Waals surface area contributed by atoms with Crippen molar-refractivity contribution in [3.05, 3.63) is 71.3 Å². The van der Waals surface area contributed by atoms with Gasteiger partial charge >= 0.3 is 0 Å². The molecule has 0 unspecified atom stereocenters. The van der Waals surface area contributed by atoms with Crippen molar-refractivity contribution < 1.29 is 4.74 Å². The molecule has 0 fully saturated rings. The normalized spacial score (nSPS) is 15.1. The highest BCUT2D eigenvalue weighted by Gasteiger charge is 2.13. The summed E-state index contributed by atoms with van der Waals surface area (Å²) in [7, 11) is 1.72. The van der Waals surface area contributed by atoms with E-state index >= 15 is 0 Å². The molecule has 0 spiro atoms.